The van der Waals surface area contributed by atoms with E-state index in [4.69, 9.17) is 10.4 Å². The van der Waals surface area contributed by atoms with Crippen molar-refractivity contribution in [3.63, 3.8) is 0 Å². The molecule has 0 aliphatic heterocycles. The summed E-state index contributed by atoms with van der Waals surface area (Å²) in [6, 6.07) is 7.94. The fourth-order valence-corrected chi connectivity index (χ4v) is 1.65. The van der Waals surface area contributed by atoms with Crippen molar-refractivity contribution in [1.29, 1.82) is 5.26 Å². The summed E-state index contributed by atoms with van der Waals surface area (Å²) < 4.78 is 0. The molecule has 1 aromatic carbocycles. The second kappa shape index (κ2) is 7.71. The first-order valence-corrected chi connectivity index (χ1v) is 6.45. The third-order valence-corrected chi connectivity index (χ3v) is 2.80. The summed E-state index contributed by atoms with van der Waals surface area (Å²) in [7, 11) is 0. The highest BCUT2D eigenvalue weighted by Crippen LogP contribution is 2.07. The van der Waals surface area contributed by atoms with Crippen molar-refractivity contribution in [2.24, 2.45) is 4.99 Å². The van der Waals surface area contributed by atoms with Crippen LogP contribution in [-0.2, 0) is 13.0 Å². The molecular formula is C12H15N3OS. The van der Waals surface area contributed by atoms with Crippen LogP contribution in [0.3, 0.4) is 0 Å². The maximum absolute atomic E-state index is 8.79. The first kappa shape index (κ1) is 13.6. The number of nitriles is 1. The number of hydrogen-bond donors (Lipinski definition) is 2. The average molecular weight is 249 g/mol. The minimum Gasteiger partial charge on any atom is -0.396 e. The quantitative estimate of drug-likeness (QED) is 0.367. The Labute approximate surface area is 105 Å². The van der Waals surface area contributed by atoms with Crippen LogP contribution in [0.2, 0.25) is 0 Å². The maximum atomic E-state index is 8.79. The summed E-state index contributed by atoms with van der Waals surface area (Å²) in [5.74, 6) is 0. The molecular weight excluding hydrogens is 234 g/mol. The van der Waals surface area contributed by atoms with Crippen molar-refractivity contribution in [3.8, 4) is 6.19 Å². The Morgan fingerprint density at radius 2 is 2.06 bits per heavy atom. The molecule has 0 fully saturated rings. The van der Waals surface area contributed by atoms with Crippen LogP contribution in [0.15, 0.2) is 29.3 Å². The number of thioether (sulfide) groups is 1. The minimum atomic E-state index is 0.167. The largest absolute Gasteiger partial charge is 0.396 e. The van der Waals surface area contributed by atoms with Crippen LogP contribution < -0.4 is 5.32 Å². The predicted octanol–water partition coefficient (Wildman–Crippen LogP) is 1.51. The molecule has 0 saturated carbocycles. The van der Waals surface area contributed by atoms with Crippen molar-refractivity contribution in [1.82, 2.24) is 5.32 Å². The van der Waals surface area contributed by atoms with Gasteiger partial charge in [0.25, 0.3) is 0 Å². The first-order valence-electron chi connectivity index (χ1n) is 5.22. The lowest BCUT2D eigenvalue weighted by atomic mass is 10.1. The molecule has 1 rings (SSSR count). The van der Waals surface area contributed by atoms with Crippen LogP contribution in [0.1, 0.15) is 11.1 Å². The molecule has 0 amide bonds. The van der Waals surface area contributed by atoms with Crippen molar-refractivity contribution < 1.29 is 5.11 Å². The molecule has 0 aliphatic carbocycles. The highest BCUT2D eigenvalue weighted by atomic mass is 32.2. The van der Waals surface area contributed by atoms with Gasteiger partial charge in [-0.15, -0.1) is 0 Å². The van der Waals surface area contributed by atoms with E-state index in [9.17, 15) is 0 Å². The Morgan fingerprint density at radius 1 is 1.41 bits per heavy atom. The van der Waals surface area contributed by atoms with Gasteiger partial charge in [0.2, 0.25) is 0 Å². The van der Waals surface area contributed by atoms with E-state index in [0.717, 1.165) is 11.1 Å². The van der Waals surface area contributed by atoms with Crippen molar-refractivity contribution in [3.05, 3.63) is 35.4 Å². The Hall–Kier alpha value is -1.51. The van der Waals surface area contributed by atoms with E-state index in [1.165, 1.54) is 11.8 Å². The molecule has 0 heterocycles. The second-order valence-corrected chi connectivity index (χ2v) is 4.15. The number of rotatable bonds is 4. The number of amidine groups is 1. The Bertz CT molecular complexity index is 409. The number of benzene rings is 1. The summed E-state index contributed by atoms with van der Waals surface area (Å²) in [4.78, 5) is 4.27. The SMILES string of the molecule is CS/C(=N\Cc1ccc(CCO)cc1)NC#N. The molecule has 0 spiro atoms. The molecule has 90 valence electrons. The molecule has 5 heteroatoms. The van der Waals surface area contributed by atoms with E-state index >= 15 is 0 Å². The van der Waals surface area contributed by atoms with Gasteiger partial charge in [-0.05, 0) is 23.8 Å². The molecule has 1 aromatic rings. The summed E-state index contributed by atoms with van der Waals surface area (Å²) in [6.07, 6.45) is 4.40. The monoisotopic (exact) mass is 249 g/mol. The lowest BCUT2D eigenvalue weighted by Gasteiger charge is -2.02. The summed E-state index contributed by atoms with van der Waals surface area (Å²) in [5.41, 5.74) is 2.19. The molecule has 0 aromatic heterocycles. The van der Waals surface area contributed by atoms with Crippen LogP contribution in [0.5, 0.6) is 0 Å². The van der Waals surface area contributed by atoms with Crippen molar-refractivity contribution >= 4 is 16.9 Å². The van der Waals surface area contributed by atoms with Crippen molar-refractivity contribution in [2.45, 2.75) is 13.0 Å². The van der Waals surface area contributed by atoms with Gasteiger partial charge in [0, 0.05) is 6.61 Å². The van der Waals surface area contributed by atoms with E-state index in [2.05, 4.69) is 10.3 Å². The van der Waals surface area contributed by atoms with Crippen LogP contribution in [0.25, 0.3) is 0 Å². The number of hydrogen-bond acceptors (Lipinski definition) is 4. The Kier molecular flexibility index (Phi) is 6.15. The first-order chi connectivity index (χ1) is 8.30. The standard InChI is InChI=1S/C12H15N3OS/c1-17-12(15-9-13)14-8-11-4-2-10(3-5-11)6-7-16/h2-5,16H,6-8H2,1H3,(H,14,15). The Morgan fingerprint density at radius 3 is 2.59 bits per heavy atom. The van der Waals surface area contributed by atoms with E-state index in [1.807, 2.05) is 36.7 Å². The molecule has 0 bridgehead atoms. The fourth-order valence-electron chi connectivity index (χ4n) is 1.31. The minimum absolute atomic E-state index is 0.167. The van der Waals surface area contributed by atoms with E-state index < -0.39 is 0 Å². The molecule has 17 heavy (non-hydrogen) atoms. The number of aliphatic hydroxyl groups excluding tert-OH is 1. The number of aliphatic imine (C=N–C) groups is 1. The lowest BCUT2D eigenvalue weighted by molar-refractivity contribution is 0.299. The predicted molar refractivity (Wildman–Crippen MR) is 70.6 cm³/mol. The number of nitrogens with one attached hydrogen (secondary N) is 1. The summed E-state index contributed by atoms with van der Waals surface area (Å²) in [5, 5.41) is 20.4. The van der Waals surface area contributed by atoms with Crippen molar-refractivity contribution in [2.75, 3.05) is 12.9 Å². The van der Waals surface area contributed by atoms with Gasteiger partial charge in [0.1, 0.15) is 0 Å². The molecule has 0 aliphatic rings. The second-order valence-electron chi connectivity index (χ2n) is 3.35. The zero-order valence-electron chi connectivity index (χ0n) is 9.68. The van der Waals surface area contributed by atoms with Gasteiger partial charge in [-0.3, -0.25) is 10.3 Å². The van der Waals surface area contributed by atoms with Gasteiger partial charge in [-0.1, -0.05) is 36.0 Å². The summed E-state index contributed by atoms with van der Waals surface area (Å²) in [6.45, 7) is 0.713. The lowest BCUT2D eigenvalue weighted by Crippen LogP contribution is -2.13. The number of nitrogens with zero attached hydrogens (tertiary/aromatic N) is 2. The van der Waals surface area contributed by atoms with Gasteiger partial charge in [-0.25, -0.2) is 0 Å². The average Bonchev–Trinajstić information content (AvgIpc) is 2.36. The van der Waals surface area contributed by atoms with Gasteiger partial charge in [0.15, 0.2) is 11.4 Å². The highest BCUT2D eigenvalue weighted by molar-refractivity contribution is 8.13. The normalized spacial score (nSPS) is 11.0. The molecule has 0 unspecified atom stereocenters. The zero-order valence-corrected chi connectivity index (χ0v) is 10.5. The van der Waals surface area contributed by atoms with Gasteiger partial charge >= 0.3 is 0 Å². The molecule has 2 N–H and O–H groups in total. The highest BCUT2D eigenvalue weighted by Gasteiger charge is 1.96. The van der Waals surface area contributed by atoms with Gasteiger partial charge in [0.05, 0.1) is 6.54 Å². The maximum Gasteiger partial charge on any atom is 0.183 e. The summed E-state index contributed by atoms with van der Waals surface area (Å²) >= 11 is 1.41. The molecule has 0 radical (unpaired) electrons. The zero-order chi connectivity index (χ0) is 12.5. The fraction of sp³-hybridized carbons (Fsp3) is 0.333. The molecule has 0 saturated heterocycles. The smallest absolute Gasteiger partial charge is 0.183 e. The van der Waals surface area contributed by atoms with Crippen LogP contribution in [0, 0.1) is 11.5 Å². The third-order valence-electron chi connectivity index (χ3n) is 2.18. The van der Waals surface area contributed by atoms with Gasteiger partial charge < -0.3 is 5.11 Å². The number of aliphatic hydroxyl groups is 1. The van der Waals surface area contributed by atoms with E-state index in [0.29, 0.717) is 18.1 Å². The van der Waals surface area contributed by atoms with Crippen LogP contribution in [0.4, 0.5) is 0 Å². The van der Waals surface area contributed by atoms with E-state index in [1.54, 1.807) is 0 Å². The molecule has 4 nitrogen and oxygen atoms in total. The van der Waals surface area contributed by atoms with Crippen LogP contribution in [-0.4, -0.2) is 23.1 Å². The topological polar surface area (TPSA) is 68.4 Å². The Balaban J connectivity index is 2.60. The van der Waals surface area contributed by atoms with Crippen LogP contribution >= 0.6 is 11.8 Å². The third kappa shape index (κ3) is 4.89. The molecule has 0 atom stereocenters. The van der Waals surface area contributed by atoms with E-state index in [-0.39, 0.29) is 6.61 Å². The van der Waals surface area contributed by atoms with Gasteiger partial charge in [-0.2, -0.15) is 5.26 Å².